The quantitative estimate of drug-likeness (QED) is 0.141. The summed E-state index contributed by atoms with van der Waals surface area (Å²) in [5.41, 5.74) is 0. The second-order valence-corrected chi connectivity index (χ2v) is 11.1. The Labute approximate surface area is 221 Å². The summed E-state index contributed by atoms with van der Waals surface area (Å²) in [7, 11) is 0. The lowest BCUT2D eigenvalue weighted by Crippen LogP contribution is -2.39. The van der Waals surface area contributed by atoms with E-state index in [9.17, 15) is 0 Å². The Kier molecular flexibility index (Phi) is 15.4. The van der Waals surface area contributed by atoms with Crippen LogP contribution in [0.15, 0.2) is 0 Å². The molecule has 3 heterocycles. The van der Waals surface area contributed by atoms with Crippen LogP contribution in [0.5, 0.6) is 0 Å². The highest BCUT2D eigenvalue weighted by atomic mass is 16.7. The molecule has 3 fully saturated rings. The number of rotatable bonds is 18. The normalized spacial score (nSPS) is 28.6. The Balaban J connectivity index is 1.43. The molecule has 6 atom stereocenters. The fraction of sp³-hybridized carbons (Fsp3) is 0.935. The zero-order chi connectivity index (χ0) is 25.3. The molecule has 0 N–H and O–H groups in total. The summed E-state index contributed by atoms with van der Waals surface area (Å²) in [5.74, 6) is 2.80. The maximum atomic E-state index is 6.61. The maximum absolute atomic E-state index is 6.61. The zero-order valence-corrected chi connectivity index (χ0v) is 23.1. The number of ether oxygens (including phenoxy) is 5. The first-order chi connectivity index (χ1) is 17.8. The molecule has 0 aromatic heterocycles. The van der Waals surface area contributed by atoms with Crippen LogP contribution in [0, 0.1) is 12.3 Å². The highest BCUT2D eigenvalue weighted by Gasteiger charge is 2.38. The number of terminal acetylenes is 1. The molecule has 2 unspecified atom stereocenters. The lowest BCUT2D eigenvalue weighted by atomic mass is 10.0. The average Bonchev–Trinajstić information content (AvgIpc) is 3.40. The van der Waals surface area contributed by atoms with E-state index in [0.29, 0.717) is 6.42 Å². The van der Waals surface area contributed by atoms with E-state index in [2.05, 4.69) is 12.8 Å². The van der Waals surface area contributed by atoms with Crippen LogP contribution in [0.3, 0.4) is 0 Å². The van der Waals surface area contributed by atoms with Gasteiger partial charge in [-0.05, 0) is 57.8 Å². The van der Waals surface area contributed by atoms with Gasteiger partial charge in [0, 0.05) is 19.6 Å². The van der Waals surface area contributed by atoms with Crippen LogP contribution < -0.4 is 0 Å². The molecule has 0 bridgehead atoms. The standard InChI is InChI=1S/C31H54O5/c1-3-5-6-7-8-9-10-11-12-13-19-27(36-31-21-15-17-25-33-31)29-23-22-28(34-29)26(18-4-2)35-30-20-14-16-24-32-30/h2,26-31H,3,5-25H2,1H3/t26-,27+,28+,29+,30?,31?/m1/s1. The second kappa shape index (κ2) is 18.6. The van der Waals surface area contributed by atoms with Gasteiger partial charge in [-0.25, -0.2) is 0 Å². The Bertz CT molecular complexity index is 578. The van der Waals surface area contributed by atoms with E-state index >= 15 is 0 Å². The predicted molar refractivity (Wildman–Crippen MR) is 145 cm³/mol. The summed E-state index contributed by atoms with van der Waals surface area (Å²) in [6.45, 7) is 3.87. The van der Waals surface area contributed by atoms with Gasteiger partial charge in [0.05, 0.1) is 24.4 Å². The molecule has 0 saturated carbocycles. The van der Waals surface area contributed by atoms with Crippen LogP contribution in [-0.2, 0) is 23.7 Å². The Morgan fingerprint density at radius 3 is 1.75 bits per heavy atom. The first-order valence-corrected chi connectivity index (χ1v) is 15.4. The number of unbranched alkanes of at least 4 members (excludes halogenated alkanes) is 9. The van der Waals surface area contributed by atoms with Gasteiger partial charge in [0.25, 0.3) is 0 Å². The van der Waals surface area contributed by atoms with Crippen molar-refractivity contribution in [2.75, 3.05) is 13.2 Å². The minimum absolute atomic E-state index is 0.0164. The van der Waals surface area contributed by atoms with E-state index in [1.54, 1.807) is 0 Å². The molecule has 0 aromatic rings. The third kappa shape index (κ3) is 11.4. The summed E-state index contributed by atoms with van der Waals surface area (Å²) in [4.78, 5) is 0. The minimum atomic E-state index is -0.144. The van der Waals surface area contributed by atoms with Crippen molar-refractivity contribution in [3.05, 3.63) is 0 Å². The number of hydrogen-bond acceptors (Lipinski definition) is 5. The van der Waals surface area contributed by atoms with Gasteiger partial charge in [-0.1, -0.05) is 71.1 Å². The summed E-state index contributed by atoms with van der Waals surface area (Å²) < 4.78 is 31.2. The van der Waals surface area contributed by atoms with Crippen molar-refractivity contribution >= 4 is 0 Å². The van der Waals surface area contributed by atoms with Crippen LogP contribution in [0.25, 0.3) is 0 Å². The molecule has 3 rings (SSSR count). The maximum Gasteiger partial charge on any atom is 0.158 e. The summed E-state index contributed by atoms with van der Waals surface area (Å²) in [6.07, 6.45) is 29.1. The average molecular weight is 507 g/mol. The summed E-state index contributed by atoms with van der Waals surface area (Å²) >= 11 is 0. The summed E-state index contributed by atoms with van der Waals surface area (Å²) in [5, 5.41) is 0. The topological polar surface area (TPSA) is 46.2 Å². The number of hydrogen-bond donors (Lipinski definition) is 0. The lowest BCUT2D eigenvalue weighted by molar-refractivity contribution is -0.228. The molecule has 0 amide bonds. The zero-order valence-electron chi connectivity index (χ0n) is 23.1. The van der Waals surface area contributed by atoms with Crippen LogP contribution in [0.1, 0.15) is 135 Å². The molecule has 5 nitrogen and oxygen atoms in total. The van der Waals surface area contributed by atoms with Gasteiger partial charge >= 0.3 is 0 Å². The van der Waals surface area contributed by atoms with E-state index in [1.165, 1.54) is 70.6 Å². The van der Waals surface area contributed by atoms with Gasteiger partial charge < -0.3 is 23.7 Å². The molecule has 208 valence electrons. The molecule has 0 aromatic carbocycles. The monoisotopic (exact) mass is 506 g/mol. The molecule has 3 aliphatic heterocycles. The second-order valence-electron chi connectivity index (χ2n) is 11.1. The molecule has 3 aliphatic rings. The predicted octanol–water partition coefficient (Wildman–Crippen LogP) is 7.69. The highest BCUT2D eigenvalue weighted by Crippen LogP contribution is 2.33. The van der Waals surface area contributed by atoms with Crippen molar-refractivity contribution in [2.24, 2.45) is 0 Å². The molecule has 5 heteroatoms. The van der Waals surface area contributed by atoms with Gasteiger partial charge in [-0.2, -0.15) is 0 Å². The Hall–Kier alpha value is -0.640. The largest absolute Gasteiger partial charge is 0.370 e. The van der Waals surface area contributed by atoms with Gasteiger partial charge in [0.15, 0.2) is 12.6 Å². The van der Waals surface area contributed by atoms with Gasteiger partial charge in [0.2, 0.25) is 0 Å². The molecule has 0 radical (unpaired) electrons. The van der Waals surface area contributed by atoms with Crippen LogP contribution in [0.2, 0.25) is 0 Å². The van der Waals surface area contributed by atoms with Gasteiger partial charge in [0.1, 0.15) is 0 Å². The highest BCUT2D eigenvalue weighted by molar-refractivity contribution is 4.94. The van der Waals surface area contributed by atoms with Gasteiger partial charge in [-0.15, -0.1) is 12.3 Å². The van der Waals surface area contributed by atoms with E-state index in [4.69, 9.17) is 30.1 Å². The molecule has 3 saturated heterocycles. The van der Waals surface area contributed by atoms with Gasteiger partial charge in [-0.3, -0.25) is 0 Å². The van der Waals surface area contributed by atoms with E-state index in [1.807, 2.05) is 0 Å². The van der Waals surface area contributed by atoms with Crippen molar-refractivity contribution in [3.63, 3.8) is 0 Å². The lowest BCUT2D eigenvalue weighted by Gasteiger charge is -2.32. The van der Waals surface area contributed by atoms with Crippen LogP contribution >= 0.6 is 0 Å². The molecule has 0 spiro atoms. The van der Waals surface area contributed by atoms with E-state index in [0.717, 1.165) is 64.6 Å². The van der Waals surface area contributed by atoms with E-state index in [-0.39, 0.29) is 37.0 Å². The molecule has 36 heavy (non-hydrogen) atoms. The van der Waals surface area contributed by atoms with Crippen molar-refractivity contribution in [1.29, 1.82) is 0 Å². The third-order valence-electron chi connectivity index (χ3n) is 8.00. The van der Waals surface area contributed by atoms with Crippen molar-refractivity contribution in [2.45, 2.75) is 172 Å². The van der Waals surface area contributed by atoms with E-state index < -0.39 is 0 Å². The Morgan fingerprint density at radius 2 is 1.22 bits per heavy atom. The van der Waals surface area contributed by atoms with Crippen molar-refractivity contribution in [3.8, 4) is 12.3 Å². The molecular formula is C31H54O5. The van der Waals surface area contributed by atoms with Crippen LogP contribution in [0.4, 0.5) is 0 Å². The Morgan fingerprint density at radius 1 is 0.694 bits per heavy atom. The molecule has 0 aliphatic carbocycles. The third-order valence-corrected chi connectivity index (χ3v) is 8.00. The van der Waals surface area contributed by atoms with Crippen molar-refractivity contribution < 1.29 is 23.7 Å². The van der Waals surface area contributed by atoms with Crippen LogP contribution in [-0.4, -0.2) is 50.2 Å². The first kappa shape index (κ1) is 29.9. The fourth-order valence-corrected chi connectivity index (χ4v) is 5.82. The smallest absolute Gasteiger partial charge is 0.158 e. The SMILES string of the molecule is C#CC[C@@H](OC1CCCCO1)[C@@H]1CC[C@@H]([C@H](CCCCCCCCCCCC)OC2CCCCO2)O1. The fourth-order valence-electron chi connectivity index (χ4n) is 5.82. The first-order valence-electron chi connectivity index (χ1n) is 15.4. The summed E-state index contributed by atoms with van der Waals surface area (Å²) in [6, 6.07) is 0. The molecular weight excluding hydrogens is 452 g/mol. The minimum Gasteiger partial charge on any atom is -0.370 e. The van der Waals surface area contributed by atoms with Crippen molar-refractivity contribution in [1.82, 2.24) is 0 Å².